The first-order valence-corrected chi connectivity index (χ1v) is 3.81. The second-order valence-corrected chi connectivity index (χ2v) is 3.50. The second-order valence-electron chi connectivity index (χ2n) is 3.50. The molecule has 1 aliphatic carbocycles. The van der Waals surface area contributed by atoms with Gasteiger partial charge in [-0.15, -0.1) is 0 Å². The van der Waals surface area contributed by atoms with E-state index in [4.69, 9.17) is 0 Å². The molecular weight excluding hydrogens is 112 g/mol. The lowest BCUT2D eigenvalue weighted by Crippen LogP contribution is -2.13. The third kappa shape index (κ3) is 1.11. The Bertz CT molecular complexity index is 88.7. The summed E-state index contributed by atoms with van der Waals surface area (Å²) in [6, 6.07) is 0. The quantitative estimate of drug-likeness (QED) is 0.526. The largest absolute Gasteiger partial charge is 0.393 e. The van der Waals surface area contributed by atoms with Gasteiger partial charge in [0, 0.05) is 0 Å². The van der Waals surface area contributed by atoms with Crippen molar-refractivity contribution in [3.63, 3.8) is 0 Å². The van der Waals surface area contributed by atoms with Gasteiger partial charge in [-0.2, -0.15) is 0 Å². The molecular formula is C8H16O. The molecule has 0 amide bonds. The molecule has 4 atom stereocenters. The summed E-state index contributed by atoms with van der Waals surface area (Å²) in [6.45, 7) is 6.59. The van der Waals surface area contributed by atoms with Gasteiger partial charge in [-0.1, -0.05) is 20.8 Å². The normalized spacial score (nSPS) is 52.0. The maximum Gasteiger partial charge on any atom is 0.0571 e. The molecule has 1 nitrogen and oxygen atoms in total. The maximum absolute atomic E-state index is 9.34. The van der Waals surface area contributed by atoms with Crippen molar-refractivity contribution in [2.24, 2.45) is 17.8 Å². The molecule has 0 saturated heterocycles. The van der Waals surface area contributed by atoms with E-state index in [1.165, 1.54) is 0 Å². The predicted octanol–water partition coefficient (Wildman–Crippen LogP) is 1.66. The van der Waals surface area contributed by atoms with Crippen LogP contribution in [0, 0.1) is 17.8 Å². The fourth-order valence-corrected chi connectivity index (χ4v) is 1.68. The first-order valence-electron chi connectivity index (χ1n) is 3.81. The Hall–Kier alpha value is -0.0400. The summed E-state index contributed by atoms with van der Waals surface area (Å²) in [5, 5.41) is 9.34. The van der Waals surface area contributed by atoms with Crippen LogP contribution < -0.4 is 0 Å². The van der Waals surface area contributed by atoms with Crippen molar-refractivity contribution in [3.05, 3.63) is 0 Å². The first kappa shape index (κ1) is 7.07. The number of hydrogen-bond acceptors (Lipinski definition) is 1. The van der Waals surface area contributed by atoms with Gasteiger partial charge in [0.1, 0.15) is 0 Å². The molecule has 0 aromatic heterocycles. The Labute approximate surface area is 57.1 Å². The molecule has 0 aromatic carbocycles. The van der Waals surface area contributed by atoms with E-state index in [1.807, 2.05) is 0 Å². The fourth-order valence-electron chi connectivity index (χ4n) is 1.68. The third-order valence-corrected chi connectivity index (χ3v) is 2.95. The first-order chi connectivity index (χ1) is 4.13. The molecule has 1 rings (SSSR count). The van der Waals surface area contributed by atoms with Gasteiger partial charge in [0.25, 0.3) is 0 Å². The number of hydrogen-bond donors (Lipinski definition) is 1. The van der Waals surface area contributed by atoms with E-state index in [1.54, 1.807) is 0 Å². The molecule has 0 radical (unpaired) electrons. The van der Waals surface area contributed by atoms with Gasteiger partial charge in [-0.25, -0.2) is 0 Å². The van der Waals surface area contributed by atoms with Gasteiger partial charge in [-0.05, 0) is 24.2 Å². The minimum Gasteiger partial charge on any atom is -0.393 e. The van der Waals surface area contributed by atoms with Crippen LogP contribution >= 0.6 is 0 Å². The van der Waals surface area contributed by atoms with Crippen LogP contribution in [0.15, 0.2) is 0 Å². The molecule has 9 heavy (non-hydrogen) atoms. The molecule has 1 fully saturated rings. The molecule has 0 aliphatic heterocycles. The Morgan fingerprint density at radius 1 is 1.11 bits per heavy atom. The van der Waals surface area contributed by atoms with Crippen molar-refractivity contribution in [2.75, 3.05) is 0 Å². The highest BCUT2D eigenvalue weighted by Crippen LogP contribution is 2.35. The lowest BCUT2D eigenvalue weighted by atomic mass is 9.94. The zero-order chi connectivity index (χ0) is 7.02. The van der Waals surface area contributed by atoms with E-state index in [-0.39, 0.29) is 6.10 Å². The minimum absolute atomic E-state index is 0.0324. The molecule has 0 heterocycles. The molecule has 0 unspecified atom stereocenters. The molecule has 0 aromatic rings. The van der Waals surface area contributed by atoms with Crippen molar-refractivity contribution in [1.82, 2.24) is 0 Å². The number of aliphatic hydroxyl groups excluding tert-OH is 1. The van der Waals surface area contributed by atoms with Gasteiger partial charge in [0.05, 0.1) is 6.10 Å². The molecule has 54 valence electrons. The summed E-state index contributed by atoms with van der Waals surface area (Å²) in [4.78, 5) is 0. The van der Waals surface area contributed by atoms with E-state index in [2.05, 4.69) is 20.8 Å². The number of rotatable bonds is 0. The van der Waals surface area contributed by atoms with Gasteiger partial charge in [0.2, 0.25) is 0 Å². The Morgan fingerprint density at radius 3 is 1.78 bits per heavy atom. The van der Waals surface area contributed by atoms with Crippen molar-refractivity contribution in [1.29, 1.82) is 0 Å². The number of aliphatic hydroxyl groups is 1. The van der Waals surface area contributed by atoms with Gasteiger partial charge < -0.3 is 5.11 Å². The van der Waals surface area contributed by atoms with Crippen LogP contribution in [0.25, 0.3) is 0 Å². The van der Waals surface area contributed by atoms with Crippen molar-refractivity contribution in [3.8, 4) is 0 Å². The van der Waals surface area contributed by atoms with Gasteiger partial charge in [-0.3, -0.25) is 0 Å². The van der Waals surface area contributed by atoms with E-state index in [0.29, 0.717) is 11.8 Å². The second kappa shape index (κ2) is 2.30. The highest BCUT2D eigenvalue weighted by atomic mass is 16.3. The van der Waals surface area contributed by atoms with Crippen LogP contribution in [0.5, 0.6) is 0 Å². The summed E-state index contributed by atoms with van der Waals surface area (Å²) in [6.07, 6.45) is 0.970. The lowest BCUT2D eigenvalue weighted by Gasteiger charge is -2.13. The highest BCUT2D eigenvalue weighted by molar-refractivity contribution is 4.83. The zero-order valence-electron chi connectivity index (χ0n) is 6.46. The third-order valence-electron chi connectivity index (χ3n) is 2.95. The molecule has 0 spiro atoms. The Balaban J connectivity index is 2.54. The van der Waals surface area contributed by atoms with Gasteiger partial charge in [0.15, 0.2) is 0 Å². The summed E-state index contributed by atoms with van der Waals surface area (Å²) in [7, 11) is 0. The van der Waals surface area contributed by atoms with E-state index >= 15 is 0 Å². The maximum atomic E-state index is 9.34. The van der Waals surface area contributed by atoms with Crippen LogP contribution in [0.3, 0.4) is 0 Å². The fraction of sp³-hybridized carbons (Fsp3) is 1.00. The Kier molecular flexibility index (Phi) is 1.80. The van der Waals surface area contributed by atoms with Crippen molar-refractivity contribution >= 4 is 0 Å². The molecule has 1 aliphatic rings. The summed E-state index contributed by atoms with van der Waals surface area (Å²) < 4.78 is 0. The van der Waals surface area contributed by atoms with Crippen LogP contribution in [0.1, 0.15) is 27.2 Å². The monoisotopic (exact) mass is 128 g/mol. The zero-order valence-corrected chi connectivity index (χ0v) is 6.46. The molecule has 1 heteroatoms. The van der Waals surface area contributed by atoms with E-state index in [0.717, 1.165) is 12.3 Å². The topological polar surface area (TPSA) is 20.2 Å². The summed E-state index contributed by atoms with van der Waals surface area (Å²) in [5.41, 5.74) is 0. The molecule has 0 bridgehead atoms. The lowest BCUT2D eigenvalue weighted by molar-refractivity contribution is 0.130. The van der Waals surface area contributed by atoms with Crippen molar-refractivity contribution in [2.45, 2.75) is 33.3 Å². The van der Waals surface area contributed by atoms with Crippen LogP contribution in [-0.4, -0.2) is 11.2 Å². The van der Waals surface area contributed by atoms with E-state index < -0.39 is 0 Å². The van der Waals surface area contributed by atoms with Gasteiger partial charge >= 0.3 is 0 Å². The van der Waals surface area contributed by atoms with Crippen molar-refractivity contribution < 1.29 is 5.11 Å². The standard InChI is InChI=1S/C8H16O/c1-5-4-8(9)7(3)6(5)2/h5-9H,4H2,1-3H3/t5-,6-,7+,8+/m0/s1. The molecule has 1 N–H and O–H groups in total. The Morgan fingerprint density at radius 2 is 1.67 bits per heavy atom. The van der Waals surface area contributed by atoms with Crippen LogP contribution in [0.2, 0.25) is 0 Å². The summed E-state index contributed by atoms with van der Waals surface area (Å²) in [5.74, 6) is 1.94. The minimum atomic E-state index is -0.0324. The predicted molar refractivity (Wildman–Crippen MR) is 38.1 cm³/mol. The molecule has 1 saturated carbocycles. The average molecular weight is 128 g/mol. The van der Waals surface area contributed by atoms with E-state index in [9.17, 15) is 5.11 Å². The smallest absolute Gasteiger partial charge is 0.0571 e. The summed E-state index contributed by atoms with van der Waals surface area (Å²) >= 11 is 0. The SMILES string of the molecule is C[C@@H]1[C@@H](C)[C@@H](C)C[C@H]1O. The average Bonchev–Trinajstić information content (AvgIpc) is 1.98. The van der Waals surface area contributed by atoms with Crippen LogP contribution in [0.4, 0.5) is 0 Å². The highest BCUT2D eigenvalue weighted by Gasteiger charge is 2.33. The van der Waals surface area contributed by atoms with Crippen LogP contribution in [-0.2, 0) is 0 Å².